The molecule has 2 aliphatic rings. The average molecular weight is 286 g/mol. The number of alkyl halides is 1. The summed E-state index contributed by atoms with van der Waals surface area (Å²) in [5.74, 6) is -0.0384. The number of halogens is 1. The molecule has 0 atom stereocenters. The second-order valence-corrected chi connectivity index (χ2v) is 5.12. The molecule has 0 fully saturated rings. The molecule has 0 saturated carbocycles. The maximum absolute atomic E-state index is 12.0. The van der Waals surface area contributed by atoms with E-state index in [9.17, 15) is 9.59 Å². The smallest absolute Gasteiger partial charge is 0.257 e. The van der Waals surface area contributed by atoms with Crippen LogP contribution in [0, 0.1) is 0 Å². The Labute approximate surface area is 104 Å². The van der Waals surface area contributed by atoms with Crippen molar-refractivity contribution in [2.75, 3.05) is 11.9 Å². The summed E-state index contributed by atoms with van der Waals surface area (Å²) in [5, 5.41) is 0.927. The number of carbonyl (C=O) groups is 2. The fourth-order valence-electron chi connectivity index (χ4n) is 2.36. The van der Waals surface area contributed by atoms with E-state index < -0.39 is 0 Å². The zero-order chi connectivity index (χ0) is 11.5. The van der Waals surface area contributed by atoms with E-state index in [2.05, 4.69) is 15.9 Å². The second kappa shape index (κ2) is 5.13. The van der Waals surface area contributed by atoms with Crippen LogP contribution in [0.2, 0.25) is 0 Å². The first-order chi connectivity index (χ1) is 7.75. The third kappa shape index (κ3) is 2.08. The van der Waals surface area contributed by atoms with Crippen LogP contribution >= 0.6 is 15.9 Å². The monoisotopic (exact) mass is 285 g/mol. The molecule has 2 amide bonds. The predicted octanol–water partition coefficient (Wildman–Crippen LogP) is 2.40. The van der Waals surface area contributed by atoms with Crippen LogP contribution in [0.4, 0.5) is 0 Å². The Morgan fingerprint density at radius 1 is 1.00 bits per heavy atom. The Hall–Kier alpha value is -0.640. The predicted molar refractivity (Wildman–Crippen MR) is 65.2 cm³/mol. The van der Waals surface area contributed by atoms with Crippen LogP contribution in [0.3, 0.4) is 0 Å². The number of imide groups is 1. The van der Waals surface area contributed by atoms with Crippen molar-refractivity contribution in [2.24, 2.45) is 0 Å². The van der Waals surface area contributed by atoms with Crippen molar-refractivity contribution in [1.82, 2.24) is 4.90 Å². The van der Waals surface area contributed by atoms with Gasteiger partial charge in [0.1, 0.15) is 0 Å². The fourth-order valence-corrected chi connectivity index (χ4v) is 2.76. The van der Waals surface area contributed by atoms with E-state index >= 15 is 0 Å². The van der Waals surface area contributed by atoms with E-state index in [0.717, 1.165) is 55.0 Å². The average Bonchev–Trinajstić information content (AvgIpc) is 2.55. The zero-order valence-corrected chi connectivity index (χ0v) is 10.9. The van der Waals surface area contributed by atoms with Crippen LogP contribution < -0.4 is 0 Å². The minimum absolute atomic E-state index is 0.0192. The van der Waals surface area contributed by atoms with Gasteiger partial charge in [0.05, 0.1) is 0 Å². The maximum atomic E-state index is 12.0. The van der Waals surface area contributed by atoms with E-state index in [-0.39, 0.29) is 11.8 Å². The molecule has 1 aliphatic carbocycles. The highest BCUT2D eigenvalue weighted by Gasteiger charge is 2.37. The molecule has 0 bridgehead atoms. The molecule has 3 nitrogen and oxygen atoms in total. The molecule has 2 rings (SSSR count). The van der Waals surface area contributed by atoms with Crippen LogP contribution in [-0.4, -0.2) is 28.6 Å². The SMILES string of the molecule is O=C1C2=C(CCCC2)C(=O)N1CCCCBr. The molecule has 1 aliphatic heterocycles. The minimum atomic E-state index is -0.0192. The summed E-state index contributed by atoms with van der Waals surface area (Å²) < 4.78 is 0. The topological polar surface area (TPSA) is 37.4 Å². The Morgan fingerprint density at radius 2 is 1.56 bits per heavy atom. The normalized spacial score (nSPS) is 20.7. The number of carbonyl (C=O) groups excluding carboxylic acids is 2. The largest absolute Gasteiger partial charge is 0.275 e. The van der Waals surface area contributed by atoms with Gasteiger partial charge in [-0.15, -0.1) is 0 Å². The molecule has 0 aromatic rings. The van der Waals surface area contributed by atoms with Crippen molar-refractivity contribution in [3.8, 4) is 0 Å². The minimum Gasteiger partial charge on any atom is -0.275 e. The molecule has 0 spiro atoms. The van der Waals surface area contributed by atoms with Crippen molar-refractivity contribution in [3.05, 3.63) is 11.1 Å². The summed E-state index contributed by atoms with van der Waals surface area (Å²) in [6.45, 7) is 0.580. The number of rotatable bonds is 4. The van der Waals surface area contributed by atoms with Gasteiger partial charge < -0.3 is 0 Å². The molecule has 4 heteroatoms. The molecule has 16 heavy (non-hydrogen) atoms. The highest BCUT2D eigenvalue weighted by molar-refractivity contribution is 9.09. The third-order valence-corrected chi connectivity index (χ3v) is 3.80. The van der Waals surface area contributed by atoms with Crippen molar-refractivity contribution >= 4 is 27.7 Å². The molecule has 0 N–H and O–H groups in total. The Kier molecular flexibility index (Phi) is 3.79. The summed E-state index contributed by atoms with van der Waals surface area (Å²) >= 11 is 3.35. The first kappa shape index (κ1) is 11.8. The lowest BCUT2D eigenvalue weighted by atomic mass is 9.93. The van der Waals surface area contributed by atoms with Gasteiger partial charge in [0.25, 0.3) is 11.8 Å². The Balaban J connectivity index is 2.03. The molecule has 0 aromatic carbocycles. The van der Waals surface area contributed by atoms with E-state index in [1.807, 2.05) is 0 Å². The molecule has 0 radical (unpaired) electrons. The lowest BCUT2D eigenvalue weighted by Crippen LogP contribution is -2.32. The van der Waals surface area contributed by atoms with Gasteiger partial charge in [-0.1, -0.05) is 15.9 Å². The van der Waals surface area contributed by atoms with Crippen LogP contribution in [0.25, 0.3) is 0 Å². The Morgan fingerprint density at radius 3 is 2.06 bits per heavy atom. The summed E-state index contributed by atoms with van der Waals surface area (Å²) in [5.41, 5.74) is 1.60. The summed E-state index contributed by atoms with van der Waals surface area (Å²) in [6, 6.07) is 0. The zero-order valence-electron chi connectivity index (χ0n) is 9.30. The van der Waals surface area contributed by atoms with E-state index in [1.54, 1.807) is 0 Å². The summed E-state index contributed by atoms with van der Waals surface area (Å²) in [4.78, 5) is 25.4. The van der Waals surface area contributed by atoms with Gasteiger partial charge in [-0.25, -0.2) is 0 Å². The van der Waals surface area contributed by atoms with Gasteiger partial charge in [-0.2, -0.15) is 0 Å². The number of unbranched alkanes of at least 4 members (excludes halogenated alkanes) is 1. The van der Waals surface area contributed by atoms with Gasteiger partial charge in [0.2, 0.25) is 0 Å². The molecule has 88 valence electrons. The van der Waals surface area contributed by atoms with Crippen molar-refractivity contribution in [3.63, 3.8) is 0 Å². The number of amides is 2. The van der Waals surface area contributed by atoms with Crippen LogP contribution in [-0.2, 0) is 9.59 Å². The van der Waals surface area contributed by atoms with E-state index in [4.69, 9.17) is 0 Å². The van der Waals surface area contributed by atoms with Crippen molar-refractivity contribution in [2.45, 2.75) is 38.5 Å². The maximum Gasteiger partial charge on any atom is 0.257 e. The van der Waals surface area contributed by atoms with Gasteiger partial charge in [-0.3, -0.25) is 14.5 Å². The third-order valence-electron chi connectivity index (χ3n) is 3.24. The molecular weight excluding hydrogens is 270 g/mol. The number of hydrogen-bond acceptors (Lipinski definition) is 2. The molecule has 0 saturated heterocycles. The standard InChI is InChI=1S/C12H16BrNO2/c13-7-3-4-8-14-11(15)9-5-1-2-6-10(9)12(14)16/h1-8H2. The van der Waals surface area contributed by atoms with Crippen LogP contribution in [0.5, 0.6) is 0 Å². The van der Waals surface area contributed by atoms with Crippen LogP contribution in [0.1, 0.15) is 38.5 Å². The van der Waals surface area contributed by atoms with Gasteiger partial charge >= 0.3 is 0 Å². The quantitative estimate of drug-likeness (QED) is 0.452. The lowest BCUT2D eigenvalue weighted by molar-refractivity contribution is -0.137. The fraction of sp³-hybridized carbons (Fsp3) is 0.667. The first-order valence-electron chi connectivity index (χ1n) is 5.90. The van der Waals surface area contributed by atoms with E-state index in [0.29, 0.717) is 6.54 Å². The van der Waals surface area contributed by atoms with Crippen molar-refractivity contribution < 1.29 is 9.59 Å². The molecular formula is C12H16BrNO2. The molecule has 0 aromatic heterocycles. The molecule has 0 unspecified atom stereocenters. The van der Waals surface area contributed by atoms with Crippen molar-refractivity contribution in [1.29, 1.82) is 0 Å². The van der Waals surface area contributed by atoms with Gasteiger partial charge in [-0.05, 0) is 38.5 Å². The second-order valence-electron chi connectivity index (χ2n) is 4.32. The van der Waals surface area contributed by atoms with Gasteiger partial charge in [0.15, 0.2) is 0 Å². The number of hydrogen-bond donors (Lipinski definition) is 0. The van der Waals surface area contributed by atoms with Crippen LogP contribution in [0.15, 0.2) is 11.1 Å². The lowest BCUT2D eigenvalue weighted by Gasteiger charge is -2.14. The summed E-state index contributed by atoms with van der Waals surface area (Å²) in [7, 11) is 0. The highest BCUT2D eigenvalue weighted by atomic mass is 79.9. The summed E-state index contributed by atoms with van der Waals surface area (Å²) in [6.07, 6.45) is 5.59. The van der Waals surface area contributed by atoms with E-state index in [1.165, 1.54) is 4.90 Å². The Bertz CT molecular complexity index is 321. The van der Waals surface area contributed by atoms with Gasteiger partial charge in [0, 0.05) is 23.0 Å². The first-order valence-corrected chi connectivity index (χ1v) is 7.02. The highest BCUT2D eigenvalue weighted by Crippen LogP contribution is 2.32. The molecule has 1 heterocycles. The number of nitrogens with zero attached hydrogens (tertiary/aromatic N) is 1.